The summed E-state index contributed by atoms with van der Waals surface area (Å²) in [4.78, 5) is 17.3. The molecule has 1 saturated carbocycles. The Bertz CT molecular complexity index is 729. The summed E-state index contributed by atoms with van der Waals surface area (Å²) in [7, 11) is 0. The van der Waals surface area contributed by atoms with Gasteiger partial charge in [0.05, 0.1) is 11.7 Å². The average Bonchev–Trinajstić information content (AvgIpc) is 2.67. The van der Waals surface area contributed by atoms with Gasteiger partial charge in [0.2, 0.25) is 5.91 Å². The van der Waals surface area contributed by atoms with Crippen LogP contribution in [0.4, 0.5) is 0 Å². The van der Waals surface area contributed by atoms with E-state index in [-0.39, 0.29) is 17.4 Å². The number of rotatable bonds is 6. The fourth-order valence-corrected chi connectivity index (χ4v) is 4.07. The van der Waals surface area contributed by atoms with E-state index in [1.165, 1.54) is 6.42 Å². The van der Waals surface area contributed by atoms with Crippen LogP contribution in [0.1, 0.15) is 55.8 Å². The molecule has 1 aromatic heterocycles. The summed E-state index contributed by atoms with van der Waals surface area (Å²) in [6.07, 6.45) is 7.81. The second kappa shape index (κ2) is 8.65. The van der Waals surface area contributed by atoms with E-state index < -0.39 is 0 Å². The normalized spacial score (nSPS) is 17.5. The molecule has 1 fully saturated rings. The number of aromatic nitrogens is 1. The lowest BCUT2D eigenvalue weighted by Crippen LogP contribution is -2.40. The Morgan fingerprint density at radius 1 is 1.19 bits per heavy atom. The lowest BCUT2D eigenvalue weighted by Gasteiger charge is -2.36. The van der Waals surface area contributed by atoms with Crippen molar-refractivity contribution in [2.45, 2.75) is 44.6 Å². The van der Waals surface area contributed by atoms with Crippen LogP contribution in [0, 0.1) is 5.41 Å². The van der Waals surface area contributed by atoms with Crippen molar-refractivity contribution in [3.05, 3.63) is 64.9 Å². The predicted octanol–water partition coefficient (Wildman–Crippen LogP) is 4.24. The fourth-order valence-electron chi connectivity index (χ4n) is 3.87. The molecule has 5 heteroatoms. The molecule has 1 aliphatic rings. The van der Waals surface area contributed by atoms with Crippen LogP contribution in [0.5, 0.6) is 0 Å². The first-order valence-corrected chi connectivity index (χ1v) is 9.65. The van der Waals surface area contributed by atoms with Gasteiger partial charge in [0.1, 0.15) is 0 Å². The Hall–Kier alpha value is -1.91. The van der Waals surface area contributed by atoms with Crippen molar-refractivity contribution in [1.29, 1.82) is 0 Å². The first kappa shape index (κ1) is 18.9. The zero-order chi connectivity index (χ0) is 18.4. The zero-order valence-electron chi connectivity index (χ0n) is 15.0. The number of nitrogens with two attached hydrogens (primary N) is 1. The summed E-state index contributed by atoms with van der Waals surface area (Å²) in [6.45, 7) is 0.561. The first-order valence-electron chi connectivity index (χ1n) is 9.28. The Kier molecular flexibility index (Phi) is 6.28. The second-order valence-corrected chi connectivity index (χ2v) is 7.69. The molecule has 2 aromatic rings. The zero-order valence-corrected chi connectivity index (χ0v) is 15.7. The molecule has 1 heterocycles. The highest BCUT2D eigenvalue weighted by molar-refractivity contribution is 6.30. The molecule has 138 valence electrons. The molecule has 1 aliphatic carbocycles. The number of hydrogen-bond acceptors (Lipinski definition) is 3. The van der Waals surface area contributed by atoms with Crippen LogP contribution in [-0.4, -0.2) is 17.4 Å². The smallest absolute Gasteiger partial charge is 0.221 e. The standard InChI is InChI=1S/C21H26ClN3O/c22-17-8-6-7-16(13-17)20(18-9-2-5-12-24-18)25-19(26)14-21(15-23)10-3-1-4-11-21/h2,5-9,12-13,20H,1,3-4,10-11,14-15,23H2,(H,25,26). The van der Waals surface area contributed by atoms with Crippen molar-refractivity contribution in [1.82, 2.24) is 10.3 Å². The Morgan fingerprint density at radius 2 is 2.00 bits per heavy atom. The maximum absolute atomic E-state index is 12.9. The van der Waals surface area contributed by atoms with Gasteiger partial charge >= 0.3 is 0 Å². The summed E-state index contributed by atoms with van der Waals surface area (Å²) in [6, 6.07) is 13.0. The van der Waals surface area contributed by atoms with E-state index in [0.29, 0.717) is 18.0 Å². The fraction of sp³-hybridized carbons (Fsp3) is 0.429. The molecule has 1 atom stereocenters. The molecule has 0 aliphatic heterocycles. The predicted molar refractivity (Wildman–Crippen MR) is 105 cm³/mol. The number of benzene rings is 1. The van der Waals surface area contributed by atoms with Crippen LogP contribution in [0.2, 0.25) is 5.02 Å². The minimum atomic E-state index is -0.319. The summed E-state index contributed by atoms with van der Waals surface area (Å²) in [5, 5.41) is 3.81. The highest BCUT2D eigenvalue weighted by Gasteiger charge is 2.33. The van der Waals surface area contributed by atoms with Gasteiger partial charge in [-0.15, -0.1) is 0 Å². The minimum Gasteiger partial charge on any atom is -0.344 e. The van der Waals surface area contributed by atoms with Crippen LogP contribution < -0.4 is 11.1 Å². The molecule has 1 aromatic carbocycles. The van der Waals surface area contributed by atoms with E-state index in [1.54, 1.807) is 6.20 Å². The van der Waals surface area contributed by atoms with Crippen LogP contribution in [0.25, 0.3) is 0 Å². The maximum Gasteiger partial charge on any atom is 0.221 e. The number of carbonyl (C=O) groups excluding carboxylic acids is 1. The third-order valence-electron chi connectivity index (χ3n) is 5.35. The molecule has 0 bridgehead atoms. The van der Waals surface area contributed by atoms with Crippen molar-refractivity contribution in [3.63, 3.8) is 0 Å². The Balaban J connectivity index is 1.80. The molecule has 26 heavy (non-hydrogen) atoms. The Morgan fingerprint density at radius 3 is 2.65 bits per heavy atom. The van der Waals surface area contributed by atoms with E-state index >= 15 is 0 Å². The number of nitrogens with zero attached hydrogens (tertiary/aromatic N) is 1. The number of halogens is 1. The maximum atomic E-state index is 12.9. The summed E-state index contributed by atoms with van der Waals surface area (Å²) in [5.74, 6) is 0.0213. The van der Waals surface area contributed by atoms with Gasteiger partial charge in [-0.05, 0) is 54.6 Å². The van der Waals surface area contributed by atoms with Gasteiger partial charge in [-0.2, -0.15) is 0 Å². The molecule has 3 rings (SSSR count). The molecule has 1 unspecified atom stereocenters. The number of pyridine rings is 1. The molecule has 1 amide bonds. The van der Waals surface area contributed by atoms with Crippen molar-refractivity contribution >= 4 is 17.5 Å². The molecular formula is C21H26ClN3O. The molecular weight excluding hydrogens is 346 g/mol. The SMILES string of the molecule is NCC1(CC(=O)NC(c2cccc(Cl)c2)c2ccccn2)CCCCC1. The highest BCUT2D eigenvalue weighted by atomic mass is 35.5. The molecule has 0 spiro atoms. The lowest BCUT2D eigenvalue weighted by atomic mass is 9.71. The van der Waals surface area contributed by atoms with Gasteiger partial charge in [0, 0.05) is 17.6 Å². The van der Waals surface area contributed by atoms with Crippen LogP contribution in [-0.2, 0) is 4.79 Å². The van der Waals surface area contributed by atoms with Gasteiger partial charge in [-0.1, -0.05) is 49.1 Å². The third kappa shape index (κ3) is 4.63. The number of carbonyl (C=O) groups is 1. The molecule has 4 nitrogen and oxygen atoms in total. The summed E-state index contributed by atoms with van der Waals surface area (Å²) < 4.78 is 0. The number of nitrogens with one attached hydrogen (secondary N) is 1. The van der Waals surface area contributed by atoms with Crippen LogP contribution >= 0.6 is 11.6 Å². The topological polar surface area (TPSA) is 68.0 Å². The van der Waals surface area contributed by atoms with Gasteiger partial charge < -0.3 is 11.1 Å². The van der Waals surface area contributed by atoms with E-state index in [0.717, 1.165) is 36.9 Å². The number of amides is 1. The van der Waals surface area contributed by atoms with Gasteiger partial charge in [0.15, 0.2) is 0 Å². The monoisotopic (exact) mass is 371 g/mol. The quantitative estimate of drug-likeness (QED) is 0.797. The van der Waals surface area contributed by atoms with E-state index in [9.17, 15) is 4.79 Å². The average molecular weight is 372 g/mol. The van der Waals surface area contributed by atoms with Crippen molar-refractivity contribution in [3.8, 4) is 0 Å². The van der Waals surface area contributed by atoms with Gasteiger partial charge in [-0.3, -0.25) is 9.78 Å². The second-order valence-electron chi connectivity index (χ2n) is 7.25. The highest BCUT2D eigenvalue weighted by Crippen LogP contribution is 2.38. The van der Waals surface area contributed by atoms with E-state index in [4.69, 9.17) is 17.3 Å². The third-order valence-corrected chi connectivity index (χ3v) is 5.59. The van der Waals surface area contributed by atoms with Crippen molar-refractivity contribution < 1.29 is 4.79 Å². The van der Waals surface area contributed by atoms with E-state index in [1.807, 2.05) is 42.5 Å². The van der Waals surface area contributed by atoms with Crippen LogP contribution in [0.15, 0.2) is 48.7 Å². The van der Waals surface area contributed by atoms with E-state index in [2.05, 4.69) is 10.3 Å². The summed E-state index contributed by atoms with van der Waals surface area (Å²) in [5.41, 5.74) is 7.71. The van der Waals surface area contributed by atoms with Crippen molar-refractivity contribution in [2.75, 3.05) is 6.54 Å². The van der Waals surface area contributed by atoms with Gasteiger partial charge in [0.25, 0.3) is 0 Å². The van der Waals surface area contributed by atoms with Crippen molar-refractivity contribution in [2.24, 2.45) is 11.1 Å². The number of hydrogen-bond donors (Lipinski definition) is 2. The largest absolute Gasteiger partial charge is 0.344 e. The summed E-state index contributed by atoms with van der Waals surface area (Å²) >= 11 is 6.16. The van der Waals surface area contributed by atoms with Gasteiger partial charge in [-0.25, -0.2) is 0 Å². The van der Waals surface area contributed by atoms with Crippen LogP contribution in [0.3, 0.4) is 0 Å². The molecule has 0 radical (unpaired) electrons. The lowest BCUT2D eigenvalue weighted by molar-refractivity contribution is -0.124. The molecule has 3 N–H and O–H groups in total. The minimum absolute atomic E-state index is 0.0213. The molecule has 0 saturated heterocycles. The Labute approximate surface area is 160 Å². The first-order chi connectivity index (χ1) is 12.6.